The molecule has 3 nitrogen and oxygen atoms in total. The van der Waals surface area contributed by atoms with Crippen LogP contribution in [0.15, 0.2) is 66.9 Å². The van der Waals surface area contributed by atoms with Crippen LogP contribution in [-0.2, 0) is 0 Å². The van der Waals surface area contributed by atoms with Gasteiger partial charge in [0, 0.05) is 17.3 Å². The summed E-state index contributed by atoms with van der Waals surface area (Å²) in [6.45, 7) is 0. The molecule has 4 heteroatoms. The first-order chi connectivity index (χ1) is 9.83. The zero-order chi connectivity index (χ0) is 13.8. The zero-order valence-corrected chi connectivity index (χ0v) is 11.5. The van der Waals surface area contributed by atoms with E-state index in [1.807, 2.05) is 42.5 Å². The molecule has 20 heavy (non-hydrogen) atoms. The summed E-state index contributed by atoms with van der Waals surface area (Å²) in [6, 6.07) is 19.9. The highest BCUT2D eigenvalue weighted by Gasteiger charge is 2.03. The van der Waals surface area contributed by atoms with Crippen molar-refractivity contribution in [2.24, 2.45) is 0 Å². The van der Waals surface area contributed by atoms with Crippen LogP contribution in [0.3, 0.4) is 0 Å². The number of thiocarbonyl (C=S) groups is 1. The molecule has 1 aromatic heterocycles. The molecule has 0 bridgehead atoms. The fourth-order valence-electron chi connectivity index (χ4n) is 2.04. The molecule has 0 radical (unpaired) electrons. The first kappa shape index (κ1) is 12.6. The van der Waals surface area contributed by atoms with Crippen molar-refractivity contribution < 1.29 is 0 Å². The van der Waals surface area contributed by atoms with Crippen LogP contribution in [0.25, 0.3) is 10.8 Å². The smallest absolute Gasteiger partial charge is 0.176 e. The molecule has 98 valence electrons. The number of benzene rings is 2. The van der Waals surface area contributed by atoms with Gasteiger partial charge in [0.1, 0.15) is 5.82 Å². The van der Waals surface area contributed by atoms with Crippen LogP contribution in [0, 0.1) is 0 Å². The Kier molecular flexibility index (Phi) is 3.56. The Labute approximate surface area is 122 Å². The second kappa shape index (κ2) is 5.67. The van der Waals surface area contributed by atoms with Gasteiger partial charge in [0.05, 0.1) is 0 Å². The summed E-state index contributed by atoms with van der Waals surface area (Å²) in [4.78, 5) is 4.18. The van der Waals surface area contributed by atoms with Crippen LogP contribution in [0.1, 0.15) is 0 Å². The third-order valence-electron chi connectivity index (χ3n) is 2.94. The van der Waals surface area contributed by atoms with Crippen molar-refractivity contribution in [1.82, 2.24) is 4.98 Å². The van der Waals surface area contributed by atoms with Crippen molar-refractivity contribution in [3.05, 3.63) is 66.9 Å². The monoisotopic (exact) mass is 279 g/mol. The Hall–Kier alpha value is -2.46. The van der Waals surface area contributed by atoms with E-state index in [-0.39, 0.29) is 0 Å². The first-order valence-corrected chi connectivity index (χ1v) is 6.70. The highest BCUT2D eigenvalue weighted by molar-refractivity contribution is 7.80. The van der Waals surface area contributed by atoms with Crippen LogP contribution in [0.5, 0.6) is 0 Å². The SMILES string of the molecule is S=C(Nc1ccccn1)Nc1cccc2ccccc12. The maximum atomic E-state index is 5.32. The molecule has 0 atom stereocenters. The average Bonchev–Trinajstić information content (AvgIpc) is 2.48. The molecule has 0 fully saturated rings. The van der Waals surface area contributed by atoms with Gasteiger partial charge in [-0.2, -0.15) is 0 Å². The molecule has 3 rings (SSSR count). The Balaban J connectivity index is 1.81. The second-order valence-corrected chi connectivity index (χ2v) is 4.73. The number of hydrogen-bond donors (Lipinski definition) is 2. The van der Waals surface area contributed by atoms with E-state index in [0.29, 0.717) is 5.11 Å². The van der Waals surface area contributed by atoms with Crippen molar-refractivity contribution in [2.45, 2.75) is 0 Å². The topological polar surface area (TPSA) is 37.0 Å². The summed E-state index contributed by atoms with van der Waals surface area (Å²) >= 11 is 5.32. The minimum absolute atomic E-state index is 0.528. The van der Waals surface area contributed by atoms with Crippen LogP contribution in [0.4, 0.5) is 11.5 Å². The zero-order valence-electron chi connectivity index (χ0n) is 10.7. The minimum Gasteiger partial charge on any atom is -0.332 e. The molecule has 0 spiro atoms. The van der Waals surface area contributed by atoms with Crippen molar-refractivity contribution in [2.75, 3.05) is 10.6 Å². The van der Waals surface area contributed by atoms with Gasteiger partial charge >= 0.3 is 0 Å². The molecular formula is C16H13N3S. The predicted octanol–water partition coefficient (Wildman–Crippen LogP) is 4.04. The first-order valence-electron chi connectivity index (χ1n) is 6.30. The number of hydrogen-bond acceptors (Lipinski definition) is 2. The lowest BCUT2D eigenvalue weighted by molar-refractivity contribution is 1.32. The molecule has 0 aliphatic carbocycles. The quantitative estimate of drug-likeness (QED) is 0.694. The van der Waals surface area contributed by atoms with E-state index >= 15 is 0 Å². The lowest BCUT2D eigenvalue weighted by Crippen LogP contribution is -2.19. The van der Waals surface area contributed by atoms with E-state index in [9.17, 15) is 0 Å². The third-order valence-corrected chi connectivity index (χ3v) is 3.15. The molecule has 0 saturated carbocycles. The van der Waals surface area contributed by atoms with E-state index in [0.717, 1.165) is 16.9 Å². The molecule has 0 aliphatic heterocycles. The summed E-state index contributed by atoms with van der Waals surface area (Å²) in [5, 5.41) is 9.12. The molecule has 1 heterocycles. The number of nitrogens with zero attached hydrogens (tertiary/aromatic N) is 1. The molecular weight excluding hydrogens is 266 g/mol. The lowest BCUT2D eigenvalue weighted by Gasteiger charge is -2.12. The number of fused-ring (bicyclic) bond motifs is 1. The number of anilines is 2. The standard InChI is InChI=1S/C16H13N3S/c20-16(19-15-10-3-4-11-17-15)18-14-9-5-7-12-6-1-2-8-13(12)14/h1-11H,(H2,17,18,19,20). The lowest BCUT2D eigenvalue weighted by atomic mass is 10.1. The molecule has 0 unspecified atom stereocenters. The predicted molar refractivity (Wildman–Crippen MR) is 88.0 cm³/mol. The maximum absolute atomic E-state index is 5.32. The van der Waals surface area contributed by atoms with Gasteiger partial charge in [-0.25, -0.2) is 4.98 Å². The van der Waals surface area contributed by atoms with E-state index in [4.69, 9.17) is 12.2 Å². The molecule has 0 amide bonds. The number of rotatable bonds is 2. The molecule has 0 saturated heterocycles. The summed E-state index contributed by atoms with van der Waals surface area (Å²) in [5.74, 6) is 0.727. The molecule has 2 aromatic carbocycles. The largest absolute Gasteiger partial charge is 0.332 e. The number of pyridine rings is 1. The fourth-order valence-corrected chi connectivity index (χ4v) is 2.26. The molecule has 3 aromatic rings. The third kappa shape index (κ3) is 2.75. The van der Waals surface area contributed by atoms with Crippen molar-refractivity contribution in [1.29, 1.82) is 0 Å². The van der Waals surface area contributed by atoms with Gasteiger partial charge in [-0.1, -0.05) is 42.5 Å². The average molecular weight is 279 g/mol. The Morgan fingerprint density at radius 3 is 2.50 bits per heavy atom. The van der Waals surface area contributed by atoms with Gasteiger partial charge in [-0.05, 0) is 35.8 Å². The van der Waals surface area contributed by atoms with Crippen molar-refractivity contribution in [3.63, 3.8) is 0 Å². The fraction of sp³-hybridized carbons (Fsp3) is 0. The van der Waals surface area contributed by atoms with E-state index in [1.54, 1.807) is 6.20 Å². The maximum Gasteiger partial charge on any atom is 0.176 e. The number of nitrogens with one attached hydrogen (secondary N) is 2. The van der Waals surface area contributed by atoms with Crippen LogP contribution >= 0.6 is 12.2 Å². The Bertz CT molecular complexity index is 736. The summed E-state index contributed by atoms with van der Waals surface area (Å²) in [7, 11) is 0. The molecule has 2 N–H and O–H groups in total. The highest BCUT2D eigenvalue weighted by Crippen LogP contribution is 2.23. The van der Waals surface area contributed by atoms with Gasteiger partial charge in [-0.15, -0.1) is 0 Å². The minimum atomic E-state index is 0.528. The van der Waals surface area contributed by atoms with Gasteiger partial charge in [0.15, 0.2) is 5.11 Å². The van der Waals surface area contributed by atoms with Crippen LogP contribution < -0.4 is 10.6 Å². The summed E-state index contributed by atoms with van der Waals surface area (Å²) in [6.07, 6.45) is 1.73. The van der Waals surface area contributed by atoms with Gasteiger partial charge in [0.25, 0.3) is 0 Å². The van der Waals surface area contributed by atoms with Gasteiger partial charge in [-0.3, -0.25) is 0 Å². The van der Waals surface area contributed by atoms with E-state index in [2.05, 4.69) is 33.8 Å². The normalized spacial score (nSPS) is 10.2. The van der Waals surface area contributed by atoms with Gasteiger partial charge < -0.3 is 10.6 Å². The highest BCUT2D eigenvalue weighted by atomic mass is 32.1. The second-order valence-electron chi connectivity index (χ2n) is 4.32. The summed E-state index contributed by atoms with van der Waals surface area (Å²) < 4.78 is 0. The Morgan fingerprint density at radius 2 is 1.65 bits per heavy atom. The van der Waals surface area contributed by atoms with Crippen LogP contribution in [0.2, 0.25) is 0 Å². The summed E-state index contributed by atoms with van der Waals surface area (Å²) in [5.41, 5.74) is 0.983. The van der Waals surface area contributed by atoms with Crippen molar-refractivity contribution >= 4 is 39.6 Å². The molecule has 0 aliphatic rings. The van der Waals surface area contributed by atoms with Crippen molar-refractivity contribution in [3.8, 4) is 0 Å². The van der Waals surface area contributed by atoms with E-state index < -0.39 is 0 Å². The van der Waals surface area contributed by atoms with E-state index in [1.165, 1.54) is 5.39 Å². The van der Waals surface area contributed by atoms with Crippen LogP contribution in [-0.4, -0.2) is 10.1 Å². The van der Waals surface area contributed by atoms with Gasteiger partial charge in [0.2, 0.25) is 0 Å². The Morgan fingerprint density at radius 1 is 0.850 bits per heavy atom. The number of aromatic nitrogens is 1.